The Morgan fingerprint density at radius 2 is 2.06 bits per heavy atom. The number of allylic oxidation sites excluding steroid dienone is 3. The van der Waals surface area contributed by atoms with Gasteiger partial charge in [0.05, 0.1) is 18.0 Å². The lowest BCUT2D eigenvalue weighted by Crippen LogP contribution is -2.46. The van der Waals surface area contributed by atoms with Gasteiger partial charge in [-0.3, -0.25) is 14.9 Å². The van der Waals surface area contributed by atoms with Gasteiger partial charge in [-0.05, 0) is 69.4 Å². The van der Waals surface area contributed by atoms with Crippen molar-refractivity contribution in [1.29, 1.82) is 0 Å². The van der Waals surface area contributed by atoms with Gasteiger partial charge in [0.2, 0.25) is 11.8 Å². The van der Waals surface area contributed by atoms with Gasteiger partial charge in [-0.15, -0.1) is 11.8 Å². The Morgan fingerprint density at radius 3 is 2.88 bits per heavy atom. The Hall–Kier alpha value is -1.73. The summed E-state index contributed by atoms with van der Waals surface area (Å²) in [7, 11) is 0. The summed E-state index contributed by atoms with van der Waals surface area (Å²) in [6.45, 7) is 2.50. The molecule has 0 bridgehead atoms. The number of ether oxygens (including phenoxy) is 1. The van der Waals surface area contributed by atoms with E-state index < -0.39 is 0 Å². The van der Waals surface area contributed by atoms with E-state index in [1.165, 1.54) is 12.0 Å². The van der Waals surface area contributed by atoms with Crippen LogP contribution in [0.4, 0.5) is 0 Å². The average molecular weight is 468 g/mol. The number of nitrogens with one attached hydrogen (secondary N) is 1. The van der Waals surface area contributed by atoms with Gasteiger partial charge in [-0.25, -0.2) is 0 Å². The number of thioether (sulfide) groups is 1. The second-order valence-corrected chi connectivity index (χ2v) is 12.6. The first-order valence-electron chi connectivity index (χ1n) is 12.9. The van der Waals surface area contributed by atoms with Gasteiger partial charge < -0.3 is 14.5 Å². The third-order valence-corrected chi connectivity index (χ3v) is 10.5. The molecular formula is C26H33N3O3S. The number of rotatable bonds is 5. The van der Waals surface area contributed by atoms with Gasteiger partial charge in [-0.2, -0.15) is 0 Å². The van der Waals surface area contributed by atoms with E-state index in [1.54, 1.807) is 0 Å². The Bertz CT molecular complexity index is 966. The fraction of sp³-hybridized carbons (Fsp3) is 0.692. The van der Waals surface area contributed by atoms with Gasteiger partial charge in [0.15, 0.2) is 0 Å². The lowest BCUT2D eigenvalue weighted by Gasteiger charge is -2.31. The van der Waals surface area contributed by atoms with Crippen molar-refractivity contribution in [1.82, 2.24) is 15.1 Å². The summed E-state index contributed by atoms with van der Waals surface area (Å²) in [5.74, 6) is 2.87. The Labute approximate surface area is 199 Å². The number of hydrogen-bond acceptors (Lipinski definition) is 5. The summed E-state index contributed by atoms with van der Waals surface area (Å²) in [4.78, 5) is 30.2. The molecule has 4 aliphatic heterocycles. The van der Waals surface area contributed by atoms with E-state index in [1.807, 2.05) is 6.26 Å². The number of carbonyl (C=O) groups is 2. The normalized spacial score (nSPS) is 38.5. The van der Waals surface area contributed by atoms with Crippen LogP contribution in [0.15, 0.2) is 35.8 Å². The molecule has 4 heterocycles. The first kappa shape index (κ1) is 20.6. The number of nitrogens with zero attached hydrogens (tertiary/aromatic N) is 2. The molecule has 2 saturated carbocycles. The standard InChI is InChI=1S/C26H33N3O3S/c30-24(17-1-2-17)28-11-7-16(14-28)15-29-23(27-26(9-10-26)25(29)31)22-6-5-21(33-22)19-3-4-20-18(13-19)8-12-32-20/h3-4,8,12,16-18,21-23,27H,1-2,5-7,9-11,13-15H2/t16-,18?,21?,22?,23?/m1/s1. The molecule has 5 fully saturated rings. The van der Waals surface area contributed by atoms with Crippen LogP contribution in [0.5, 0.6) is 0 Å². The van der Waals surface area contributed by atoms with Crippen LogP contribution in [0.2, 0.25) is 0 Å². The maximum absolute atomic E-state index is 13.4. The average Bonchev–Trinajstić information content (AvgIpc) is 3.59. The van der Waals surface area contributed by atoms with E-state index in [4.69, 9.17) is 4.74 Å². The fourth-order valence-electron chi connectivity index (χ4n) is 6.49. The van der Waals surface area contributed by atoms with Gasteiger partial charge in [-0.1, -0.05) is 11.6 Å². The molecule has 0 aromatic rings. The van der Waals surface area contributed by atoms with E-state index >= 15 is 0 Å². The lowest BCUT2D eigenvalue weighted by molar-refractivity contribution is -0.131. The molecule has 0 aromatic carbocycles. The van der Waals surface area contributed by atoms with Crippen LogP contribution < -0.4 is 5.32 Å². The minimum atomic E-state index is -0.279. The van der Waals surface area contributed by atoms with Crippen molar-refractivity contribution < 1.29 is 14.3 Å². The predicted octanol–water partition coefficient (Wildman–Crippen LogP) is 3.17. The molecule has 2 amide bonds. The van der Waals surface area contributed by atoms with Crippen molar-refractivity contribution in [3.8, 4) is 0 Å². The van der Waals surface area contributed by atoms with Gasteiger partial charge in [0.25, 0.3) is 0 Å². The molecule has 1 N–H and O–H groups in total. The molecule has 3 saturated heterocycles. The van der Waals surface area contributed by atoms with E-state index in [9.17, 15) is 9.59 Å². The number of carbonyl (C=O) groups excluding carboxylic acids is 2. The van der Waals surface area contributed by atoms with Crippen molar-refractivity contribution in [3.63, 3.8) is 0 Å². The molecular weight excluding hydrogens is 434 g/mol. The van der Waals surface area contributed by atoms with Crippen molar-refractivity contribution >= 4 is 23.6 Å². The van der Waals surface area contributed by atoms with Crippen molar-refractivity contribution in [3.05, 3.63) is 35.8 Å². The second kappa shape index (κ2) is 7.64. The SMILES string of the molecule is O=C(C1CC1)N1CC[C@@H](CN2C(=O)C3(CC3)NC2C2CCC(C3=CC=C4OC=CC4C3)S2)C1. The maximum Gasteiger partial charge on any atom is 0.244 e. The highest BCUT2D eigenvalue weighted by molar-refractivity contribution is 8.01. The molecule has 3 aliphatic carbocycles. The lowest BCUT2D eigenvalue weighted by atomic mass is 9.90. The monoisotopic (exact) mass is 467 g/mol. The minimum Gasteiger partial charge on any atom is -0.469 e. The summed E-state index contributed by atoms with van der Waals surface area (Å²) in [5.41, 5.74) is 1.24. The highest BCUT2D eigenvalue weighted by atomic mass is 32.2. The van der Waals surface area contributed by atoms with Crippen LogP contribution in [0.3, 0.4) is 0 Å². The van der Waals surface area contributed by atoms with Crippen LogP contribution in [-0.2, 0) is 14.3 Å². The summed E-state index contributed by atoms with van der Waals surface area (Å²) < 4.78 is 5.58. The first-order chi connectivity index (χ1) is 16.1. The summed E-state index contributed by atoms with van der Waals surface area (Å²) in [5, 5.41) is 4.77. The molecule has 5 atom stereocenters. The fourth-order valence-corrected chi connectivity index (χ4v) is 8.17. The highest BCUT2D eigenvalue weighted by Crippen LogP contribution is 2.49. The summed E-state index contributed by atoms with van der Waals surface area (Å²) >= 11 is 2.08. The van der Waals surface area contributed by atoms with Crippen molar-refractivity contribution in [2.45, 2.75) is 73.6 Å². The molecule has 176 valence electrons. The molecule has 0 radical (unpaired) electrons. The van der Waals surface area contributed by atoms with Crippen molar-refractivity contribution in [2.75, 3.05) is 19.6 Å². The number of likely N-dealkylation sites (tertiary alicyclic amines) is 1. The van der Waals surface area contributed by atoms with Gasteiger partial charge in [0.1, 0.15) is 5.76 Å². The Balaban J connectivity index is 1.03. The zero-order chi connectivity index (χ0) is 22.2. The molecule has 33 heavy (non-hydrogen) atoms. The molecule has 7 aliphatic rings. The molecule has 6 nitrogen and oxygen atoms in total. The Morgan fingerprint density at radius 1 is 1.18 bits per heavy atom. The molecule has 4 unspecified atom stereocenters. The smallest absolute Gasteiger partial charge is 0.244 e. The second-order valence-electron chi connectivity index (χ2n) is 11.2. The molecule has 0 aromatic heterocycles. The Kier molecular flexibility index (Phi) is 4.77. The van der Waals surface area contributed by atoms with E-state index in [2.05, 4.69) is 45.1 Å². The number of fused-ring (bicyclic) bond motifs is 1. The van der Waals surface area contributed by atoms with Gasteiger partial charge in [0, 0.05) is 42.0 Å². The largest absolute Gasteiger partial charge is 0.469 e. The van der Waals surface area contributed by atoms with Crippen LogP contribution in [0, 0.1) is 17.8 Å². The first-order valence-corrected chi connectivity index (χ1v) is 13.8. The zero-order valence-electron chi connectivity index (χ0n) is 19.1. The molecule has 1 spiro atoms. The summed E-state index contributed by atoms with van der Waals surface area (Å²) in [6.07, 6.45) is 17.0. The van der Waals surface area contributed by atoms with E-state index in [-0.39, 0.29) is 11.7 Å². The minimum absolute atomic E-state index is 0.133. The molecule has 7 rings (SSSR count). The highest BCUT2D eigenvalue weighted by Gasteiger charge is 2.61. The van der Waals surface area contributed by atoms with Crippen LogP contribution in [0.25, 0.3) is 0 Å². The van der Waals surface area contributed by atoms with Crippen molar-refractivity contribution in [2.24, 2.45) is 17.8 Å². The number of amides is 2. The van der Waals surface area contributed by atoms with Gasteiger partial charge >= 0.3 is 0 Å². The van der Waals surface area contributed by atoms with E-state index in [0.717, 1.165) is 70.3 Å². The topological polar surface area (TPSA) is 61.9 Å². The third kappa shape index (κ3) is 3.57. The summed E-state index contributed by atoms with van der Waals surface area (Å²) in [6, 6.07) is 0. The third-order valence-electron chi connectivity index (χ3n) is 8.78. The van der Waals surface area contributed by atoms with E-state index in [0.29, 0.717) is 40.1 Å². The van der Waals surface area contributed by atoms with Crippen LogP contribution >= 0.6 is 11.8 Å². The zero-order valence-corrected chi connectivity index (χ0v) is 19.9. The molecule has 7 heteroatoms. The predicted molar refractivity (Wildman–Crippen MR) is 127 cm³/mol. The quantitative estimate of drug-likeness (QED) is 0.673. The van der Waals surface area contributed by atoms with Crippen LogP contribution in [0.1, 0.15) is 51.4 Å². The number of hydrogen-bond donors (Lipinski definition) is 1. The maximum atomic E-state index is 13.4. The van der Waals surface area contributed by atoms with Crippen LogP contribution in [-0.4, -0.2) is 63.5 Å².